The number of carboxylic acid groups (broad SMARTS) is 1. The van der Waals surface area contributed by atoms with Gasteiger partial charge in [-0.2, -0.15) is 5.10 Å². The van der Waals surface area contributed by atoms with E-state index in [9.17, 15) is 14.7 Å². The summed E-state index contributed by atoms with van der Waals surface area (Å²) in [5.41, 5.74) is 5.41. The molecule has 0 saturated carbocycles. The standard InChI is InChI=1S/C28H25N3O4/c1-15-11-21(16(2)29-23-8-6-5-7-19(23)28(33)34)27-22(12-15)25(32)14-26(35-27)18-9-10-24-20(13-18)17(3)30-31(24)4/h5-14,16,29H,1-4H3,(H,33,34)/t16-/m1/s1. The van der Waals surface area contributed by atoms with E-state index in [0.29, 0.717) is 22.4 Å². The van der Waals surface area contributed by atoms with E-state index in [4.69, 9.17) is 4.42 Å². The Morgan fingerprint density at radius 2 is 1.83 bits per heavy atom. The fourth-order valence-corrected chi connectivity index (χ4v) is 4.60. The number of aryl methyl sites for hydroxylation is 3. The van der Waals surface area contributed by atoms with Crippen molar-refractivity contribution in [2.45, 2.75) is 26.8 Å². The highest BCUT2D eigenvalue weighted by Gasteiger charge is 2.19. The molecule has 2 N–H and O–H groups in total. The number of nitrogens with zero attached hydrogens (tertiary/aromatic N) is 2. The molecular weight excluding hydrogens is 442 g/mol. The number of hydrogen-bond acceptors (Lipinski definition) is 5. The van der Waals surface area contributed by atoms with Crippen LogP contribution in [0.25, 0.3) is 33.2 Å². The lowest BCUT2D eigenvalue weighted by atomic mass is 10.00. The summed E-state index contributed by atoms with van der Waals surface area (Å²) in [6.45, 7) is 5.80. The van der Waals surface area contributed by atoms with Crippen molar-refractivity contribution in [3.8, 4) is 11.3 Å². The summed E-state index contributed by atoms with van der Waals surface area (Å²) in [7, 11) is 1.90. The minimum atomic E-state index is -1.01. The number of aromatic carboxylic acids is 1. The van der Waals surface area contributed by atoms with Crippen LogP contribution < -0.4 is 10.7 Å². The van der Waals surface area contributed by atoms with Crippen LogP contribution in [0.15, 0.2) is 69.9 Å². The fourth-order valence-electron chi connectivity index (χ4n) is 4.60. The number of fused-ring (bicyclic) bond motifs is 2. The Morgan fingerprint density at radius 1 is 1.06 bits per heavy atom. The number of nitrogens with one attached hydrogen (secondary N) is 1. The number of para-hydroxylation sites is 1. The molecular formula is C28H25N3O4. The second kappa shape index (κ2) is 8.43. The first-order valence-electron chi connectivity index (χ1n) is 11.3. The quantitative estimate of drug-likeness (QED) is 0.337. The highest BCUT2D eigenvalue weighted by Crippen LogP contribution is 2.32. The molecule has 3 aromatic carbocycles. The van der Waals surface area contributed by atoms with Crippen molar-refractivity contribution in [3.05, 3.63) is 93.3 Å². The zero-order valence-corrected chi connectivity index (χ0v) is 19.9. The molecule has 35 heavy (non-hydrogen) atoms. The van der Waals surface area contributed by atoms with Gasteiger partial charge in [0.25, 0.3) is 0 Å². The number of anilines is 1. The van der Waals surface area contributed by atoms with Gasteiger partial charge in [0, 0.05) is 35.3 Å². The molecule has 5 aromatic rings. The lowest BCUT2D eigenvalue weighted by Gasteiger charge is -2.19. The van der Waals surface area contributed by atoms with Crippen LogP contribution in [-0.4, -0.2) is 20.9 Å². The molecule has 0 aliphatic carbocycles. The van der Waals surface area contributed by atoms with E-state index in [1.165, 1.54) is 6.07 Å². The minimum Gasteiger partial charge on any atom is -0.478 e. The number of benzene rings is 3. The SMILES string of the molecule is Cc1cc([C@@H](C)Nc2ccccc2C(=O)O)c2oc(-c3ccc4c(c3)c(C)nn4C)cc(=O)c2c1. The van der Waals surface area contributed by atoms with Crippen molar-refractivity contribution in [1.29, 1.82) is 0 Å². The van der Waals surface area contributed by atoms with Gasteiger partial charge in [-0.1, -0.05) is 18.2 Å². The number of rotatable bonds is 5. The number of aromatic nitrogens is 2. The Balaban J connectivity index is 1.65. The molecule has 7 heteroatoms. The van der Waals surface area contributed by atoms with Gasteiger partial charge < -0.3 is 14.8 Å². The van der Waals surface area contributed by atoms with Gasteiger partial charge in [0.05, 0.1) is 28.2 Å². The third-order valence-corrected chi connectivity index (χ3v) is 6.32. The summed E-state index contributed by atoms with van der Waals surface area (Å²) in [6, 6.07) is 17.6. The van der Waals surface area contributed by atoms with E-state index in [-0.39, 0.29) is 17.0 Å². The van der Waals surface area contributed by atoms with Crippen molar-refractivity contribution in [2.75, 3.05) is 5.32 Å². The van der Waals surface area contributed by atoms with Crippen LogP contribution >= 0.6 is 0 Å². The van der Waals surface area contributed by atoms with Gasteiger partial charge >= 0.3 is 5.97 Å². The lowest BCUT2D eigenvalue weighted by Crippen LogP contribution is -2.12. The normalized spacial score (nSPS) is 12.2. The number of carboxylic acids is 1. The molecule has 1 atom stereocenters. The van der Waals surface area contributed by atoms with Crippen molar-refractivity contribution in [1.82, 2.24) is 9.78 Å². The molecule has 7 nitrogen and oxygen atoms in total. The highest BCUT2D eigenvalue weighted by molar-refractivity contribution is 5.94. The molecule has 2 heterocycles. The third kappa shape index (κ3) is 3.95. The first-order valence-corrected chi connectivity index (χ1v) is 11.3. The Labute approximate surface area is 201 Å². The maximum Gasteiger partial charge on any atom is 0.337 e. The minimum absolute atomic E-state index is 0.132. The molecule has 0 aliphatic rings. The van der Waals surface area contributed by atoms with Crippen LogP contribution in [0.5, 0.6) is 0 Å². The molecule has 0 radical (unpaired) electrons. The highest BCUT2D eigenvalue weighted by atomic mass is 16.4. The topological polar surface area (TPSA) is 97.4 Å². The molecule has 0 fully saturated rings. The van der Waals surface area contributed by atoms with Gasteiger partial charge in [-0.05, 0) is 62.7 Å². The van der Waals surface area contributed by atoms with Crippen LogP contribution in [0.1, 0.15) is 40.1 Å². The van der Waals surface area contributed by atoms with Gasteiger partial charge in [-0.3, -0.25) is 9.48 Å². The Kier molecular flexibility index (Phi) is 5.40. The number of carbonyl (C=O) groups is 1. The van der Waals surface area contributed by atoms with Crippen molar-refractivity contribution >= 4 is 33.5 Å². The van der Waals surface area contributed by atoms with E-state index in [0.717, 1.165) is 33.3 Å². The summed E-state index contributed by atoms with van der Waals surface area (Å²) in [6.07, 6.45) is 0. The second-order valence-electron chi connectivity index (χ2n) is 8.86. The zero-order valence-electron chi connectivity index (χ0n) is 19.9. The summed E-state index contributed by atoms with van der Waals surface area (Å²) in [5.74, 6) is -0.541. The molecule has 0 bridgehead atoms. The van der Waals surface area contributed by atoms with Crippen LogP contribution in [-0.2, 0) is 7.05 Å². The molecule has 0 saturated heterocycles. The second-order valence-corrected chi connectivity index (χ2v) is 8.86. The maximum absolute atomic E-state index is 13.2. The van der Waals surface area contributed by atoms with E-state index >= 15 is 0 Å². The zero-order chi connectivity index (χ0) is 24.9. The Bertz CT molecular complexity index is 1680. The van der Waals surface area contributed by atoms with Crippen LogP contribution in [0.2, 0.25) is 0 Å². The average Bonchev–Trinajstić information content (AvgIpc) is 3.11. The van der Waals surface area contributed by atoms with E-state index in [1.807, 2.05) is 62.8 Å². The predicted molar refractivity (Wildman–Crippen MR) is 137 cm³/mol. The van der Waals surface area contributed by atoms with Crippen LogP contribution in [0.3, 0.4) is 0 Å². The number of hydrogen-bond donors (Lipinski definition) is 2. The van der Waals surface area contributed by atoms with Crippen LogP contribution in [0, 0.1) is 13.8 Å². The molecule has 0 aliphatic heterocycles. The maximum atomic E-state index is 13.2. The predicted octanol–water partition coefficient (Wildman–Crippen LogP) is 5.83. The Morgan fingerprint density at radius 3 is 2.60 bits per heavy atom. The van der Waals surface area contributed by atoms with Crippen molar-refractivity contribution in [3.63, 3.8) is 0 Å². The smallest absolute Gasteiger partial charge is 0.337 e. The van der Waals surface area contributed by atoms with E-state index in [1.54, 1.807) is 24.3 Å². The first-order chi connectivity index (χ1) is 16.7. The molecule has 0 amide bonds. The molecule has 2 aromatic heterocycles. The lowest BCUT2D eigenvalue weighted by molar-refractivity contribution is 0.0698. The Hall–Kier alpha value is -4.39. The summed E-state index contributed by atoms with van der Waals surface area (Å²) in [4.78, 5) is 24.8. The molecule has 5 rings (SSSR count). The van der Waals surface area contributed by atoms with Crippen LogP contribution in [0.4, 0.5) is 5.69 Å². The van der Waals surface area contributed by atoms with Crippen molar-refractivity contribution in [2.24, 2.45) is 7.05 Å². The van der Waals surface area contributed by atoms with Crippen molar-refractivity contribution < 1.29 is 14.3 Å². The van der Waals surface area contributed by atoms with Gasteiger partial charge in [0.15, 0.2) is 5.43 Å². The van der Waals surface area contributed by atoms with E-state index < -0.39 is 5.97 Å². The third-order valence-electron chi connectivity index (χ3n) is 6.32. The monoisotopic (exact) mass is 467 g/mol. The summed E-state index contributed by atoms with van der Waals surface area (Å²) in [5, 5.41) is 18.8. The van der Waals surface area contributed by atoms with Gasteiger partial charge in [-0.25, -0.2) is 4.79 Å². The summed E-state index contributed by atoms with van der Waals surface area (Å²) >= 11 is 0. The summed E-state index contributed by atoms with van der Waals surface area (Å²) < 4.78 is 8.19. The fraction of sp³-hybridized carbons (Fsp3) is 0.179. The largest absolute Gasteiger partial charge is 0.478 e. The molecule has 176 valence electrons. The average molecular weight is 468 g/mol. The van der Waals surface area contributed by atoms with E-state index in [2.05, 4.69) is 10.4 Å². The van der Waals surface area contributed by atoms with Gasteiger partial charge in [0.2, 0.25) is 0 Å². The molecule has 0 spiro atoms. The van der Waals surface area contributed by atoms with Gasteiger partial charge in [0.1, 0.15) is 11.3 Å². The first kappa shape index (κ1) is 22.4. The van der Waals surface area contributed by atoms with Gasteiger partial charge in [-0.15, -0.1) is 0 Å². The molecule has 0 unspecified atom stereocenters.